The lowest BCUT2D eigenvalue weighted by Gasteiger charge is -2.34. The van der Waals surface area contributed by atoms with E-state index in [0.29, 0.717) is 0 Å². The maximum atomic E-state index is 11.8. The molecule has 2 amide bonds. The van der Waals surface area contributed by atoms with E-state index in [9.17, 15) is 14.4 Å². The van der Waals surface area contributed by atoms with E-state index >= 15 is 0 Å². The number of nitrogens with zero attached hydrogens (tertiary/aromatic N) is 1. The Kier molecular flexibility index (Phi) is 5.40. The number of carboxylic acids is 1. The predicted octanol–water partition coefficient (Wildman–Crippen LogP) is 1.37. The van der Waals surface area contributed by atoms with Crippen molar-refractivity contribution in [2.24, 2.45) is 5.92 Å². The molecule has 1 saturated heterocycles. The van der Waals surface area contributed by atoms with Crippen molar-refractivity contribution in [1.82, 2.24) is 10.2 Å². The molecule has 1 aromatic rings. The monoisotopic (exact) mass is 322 g/mol. The largest absolute Gasteiger partial charge is 0.481 e. The van der Waals surface area contributed by atoms with Gasteiger partial charge in [-0.1, -0.05) is 30.3 Å². The summed E-state index contributed by atoms with van der Waals surface area (Å²) < 4.78 is 5.06. The first-order valence-corrected chi connectivity index (χ1v) is 7.13. The van der Waals surface area contributed by atoms with Crippen LogP contribution in [-0.2, 0) is 16.1 Å². The first-order chi connectivity index (χ1) is 11.0. The fraction of sp³-hybridized carbons (Fsp3) is 0.400. The number of amides is 2. The molecular weight excluding hydrogens is 304 g/mol. The lowest BCUT2D eigenvalue weighted by molar-refractivity contribution is -0.143. The summed E-state index contributed by atoms with van der Waals surface area (Å²) in [6.45, 7) is 0.0475. The topological polar surface area (TPSA) is 116 Å². The molecule has 0 radical (unpaired) electrons. The SMILES string of the molecule is O=C(N[C@H]1CC(C(=O)O)CN(C(=O)O)C1)OCc1ccccc1. The summed E-state index contributed by atoms with van der Waals surface area (Å²) >= 11 is 0. The molecule has 8 heteroatoms. The number of alkyl carbamates (subject to hydrolysis) is 1. The van der Waals surface area contributed by atoms with Crippen molar-refractivity contribution in [3.05, 3.63) is 35.9 Å². The number of hydrogen-bond donors (Lipinski definition) is 3. The number of piperidine rings is 1. The Hall–Kier alpha value is -2.77. The highest BCUT2D eigenvalue weighted by atomic mass is 16.5. The Labute approximate surface area is 132 Å². The summed E-state index contributed by atoms with van der Waals surface area (Å²) in [4.78, 5) is 34.9. The highest BCUT2D eigenvalue weighted by Crippen LogP contribution is 2.17. The summed E-state index contributed by atoms with van der Waals surface area (Å²) in [7, 11) is 0. The number of rotatable bonds is 4. The Balaban J connectivity index is 1.88. The molecule has 1 aliphatic rings. The highest BCUT2D eigenvalue weighted by Gasteiger charge is 2.34. The van der Waals surface area contributed by atoms with E-state index in [1.165, 1.54) is 0 Å². The van der Waals surface area contributed by atoms with E-state index in [4.69, 9.17) is 14.9 Å². The van der Waals surface area contributed by atoms with Crippen LogP contribution in [0.3, 0.4) is 0 Å². The number of aliphatic carboxylic acids is 1. The van der Waals surface area contributed by atoms with Crippen LogP contribution < -0.4 is 5.32 Å². The molecule has 0 aliphatic carbocycles. The van der Waals surface area contributed by atoms with Crippen LogP contribution in [0.1, 0.15) is 12.0 Å². The van der Waals surface area contributed by atoms with Crippen molar-refractivity contribution in [2.45, 2.75) is 19.1 Å². The number of carbonyl (C=O) groups is 3. The summed E-state index contributed by atoms with van der Waals surface area (Å²) in [6, 6.07) is 8.50. The first-order valence-electron chi connectivity index (χ1n) is 7.13. The van der Waals surface area contributed by atoms with Crippen molar-refractivity contribution in [3.63, 3.8) is 0 Å². The molecule has 0 bridgehead atoms. The van der Waals surface area contributed by atoms with Crippen molar-refractivity contribution >= 4 is 18.2 Å². The maximum Gasteiger partial charge on any atom is 0.407 e. The minimum Gasteiger partial charge on any atom is -0.481 e. The van der Waals surface area contributed by atoms with Gasteiger partial charge < -0.3 is 25.2 Å². The third-order valence-electron chi connectivity index (χ3n) is 3.61. The molecule has 1 unspecified atom stereocenters. The molecule has 3 N–H and O–H groups in total. The third kappa shape index (κ3) is 4.87. The molecule has 2 atom stereocenters. The van der Waals surface area contributed by atoms with Gasteiger partial charge in [0.25, 0.3) is 0 Å². The van der Waals surface area contributed by atoms with Crippen LogP contribution in [0, 0.1) is 5.92 Å². The van der Waals surface area contributed by atoms with Gasteiger partial charge in [-0.15, -0.1) is 0 Å². The number of carboxylic acid groups (broad SMARTS) is 2. The molecule has 2 rings (SSSR count). The normalized spacial score (nSPS) is 20.6. The van der Waals surface area contributed by atoms with Crippen LogP contribution in [-0.4, -0.2) is 52.4 Å². The minimum atomic E-state index is -1.21. The third-order valence-corrected chi connectivity index (χ3v) is 3.61. The zero-order chi connectivity index (χ0) is 16.8. The Morgan fingerprint density at radius 1 is 1.17 bits per heavy atom. The minimum absolute atomic E-state index is 0.0412. The predicted molar refractivity (Wildman–Crippen MR) is 78.9 cm³/mol. The number of hydrogen-bond acceptors (Lipinski definition) is 4. The van der Waals surface area contributed by atoms with Gasteiger partial charge in [-0.05, 0) is 12.0 Å². The van der Waals surface area contributed by atoms with Gasteiger partial charge in [0.15, 0.2) is 0 Å². The Morgan fingerprint density at radius 3 is 2.48 bits per heavy atom. The highest BCUT2D eigenvalue weighted by molar-refractivity contribution is 5.73. The quantitative estimate of drug-likeness (QED) is 0.771. The van der Waals surface area contributed by atoms with E-state index in [1.807, 2.05) is 18.2 Å². The molecule has 124 valence electrons. The zero-order valence-electron chi connectivity index (χ0n) is 12.3. The average molecular weight is 322 g/mol. The van der Waals surface area contributed by atoms with Crippen LogP contribution in [0.15, 0.2) is 30.3 Å². The second-order valence-electron chi connectivity index (χ2n) is 5.36. The van der Waals surface area contributed by atoms with Gasteiger partial charge >= 0.3 is 18.2 Å². The maximum absolute atomic E-state index is 11.8. The lowest BCUT2D eigenvalue weighted by atomic mass is 9.94. The average Bonchev–Trinajstić information content (AvgIpc) is 2.53. The summed E-state index contributed by atoms with van der Waals surface area (Å²) in [5.41, 5.74) is 0.821. The number of benzene rings is 1. The number of carbonyl (C=O) groups excluding carboxylic acids is 1. The molecule has 1 heterocycles. The van der Waals surface area contributed by atoms with Gasteiger partial charge in [-0.25, -0.2) is 9.59 Å². The second kappa shape index (κ2) is 7.48. The van der Waals surface area contributed by atoms with E-state index in [1.54, 1.807) is 12.1 Å². The Morgan fingerprint density at radius 2 is 1.87 bits per heavy atom. The summed E-state index contributed by atoms with van der Waals surface area (Å²) in [6.07, 6.45) is -1.74. The van der Waals surface area contributed by atoms with Gasteiger partial charge in [0.1, 0.15) is 6.61 Å². The summed E-state index contributed by atoms with van der Waals surface area (Å²) in [5.74, 6) is -1.93. The molecule has 1 fully saturated rings. The first kappa shape index (κ1) is 16.6. The van der Waals surface area contributed by atoms with Crippen LogP contribution >= 0.6 is 0 Å². The fourth-order valence-corrected chi connectivity index (χ4v) is 2.47. The van der Waals surface area contributed by atoms with Crippen molar-refractivity contribution in [3.8, 4) is 0 Å². The number of likely N-dealkylation sites (tertiary alicyclic amines) is 1. The molecule has 1 aliphatic heterocycles. The van der Waals surface area contributed by atoms with E-state index in [-0.39, 0.29) is 26.1 Å². The van der Waals surface area contributed by atoms with Gasteiger partial charge in [0.2, 0.25) is 0 Å². The fourth-order valence-electron chi connectivity index (χ4n) is 2.47. The van der Waals surface area contributed by atoms with Crippen LogP contribution in [0.5, 0.6) is 0 Å². The molecule has 1 aromatic carbocycles. The molecule has 0 spiro atoms. The van der Waals surface area contributed by atoms with Crippen molar-refractivity contribution in [2.75, 3.05) is 13.1 Å². The molecule has 23 heavy (non-hydrogen) atoms. The van der Waals surface area contributed by atoms with E-state index in [2.05, 4.69) is 5.32 Å². The lowest BCUT2D eigenvalue weighted by Crippen LogP contribution is -2.53. The molecule has 0 aromatic heterocycles. The summed E-state index contributed by atoms with van der Waals surface area (Å²) in [5, 5.41) is 20.6. The van der Waals surface area contributed by atoms with E-state index < -0.39 is 30.1 Å². The van der Waals surface area contributed by atoms with Crippen LogP contribution in [0.2, 0.25) is 0 Å². The van der Waals surface area contributed by atoms with Crippen LogP contribution in [0.25, 0.3) is 0 Å². The molecule has 0 saturated carbocycles. The van der Waals surface area contributed by atoms with Crippen molar-refractivity contribution in [1.29, 1.82) is 0 Å². The smallest absolute Gasteiger partial charge is 0.407 e. The van der Waals surface area contributed by atoms with Gasteiger partial charge in [-0.3, -0.25) is 4.79 Å². The van der Waals surface area contributed by atoms with E-state index in [0.717, 1.165) is 10.5 Å². The molecule has 8 nitrogen and oxygen atoms in total. The second-order valence-corrected chi connectivity index (χ2v) is 5.36. The van der Waals surface area contributed by atoms with Crippen molar-refractivity contribution < 1.29 is 29.3 Å². The van der Waals surface area contributed by atoms with Gasteiger partial charge in [-0.2, -0.15) is 0 Å². The Bertz CT molecular complexity index is 555. The standard InChI is InChI=1S/C15H18N2O6/c18-13(19)11-6-12(8-17(7-11)15(21)22)16-14(20)23-9-10-4-2-1-3-5-10/h1-5,11-12H,6-9H2,(H,16,20)(H,18,19)(H,21,22)/t11?,12-/m0/s1. The van der Waals surface area contributed by atoms with Gasteiger partial charge in [0.05, 0.1) is 12.0 Å². The van der Waals surface area contributed by atoms with Crippen LogP contribution in [0.4, 0.5) is 9.59 Å². The zero-order valence-corrected chi connectivity index (χ0v) is 12.3. The number of nitrogens with one attached hydrogen (secondary N) is 1. The van der Waals surface area contributed by atoms with Gasteiger partial charge in [0, 0.05) is 13.1 Å². The number of ether oxygens (including phenoxy) is 1. The molecular formula is C15H18N2O6.